The zero-order valence-corrected chi connectivity index (χ0v) is 21.9. The van der Waals surface area contributed by atoms with Gasteiger partial charge in [0.15, 0.2) is 5.60 Å². The summed E-state index contributed by atoms with van der Waals surface area (Å²) < 4.78 is 12.2. The van der Waals surface area contributed by atoms with Crippen molar-refractivity contribution in [2.45, 2.75) is 56.6 Å². The lowest BCUT2D eigenvalue weighted by atomic mass is 9.73. The maximum Gasteiger partial charge on any atom is 0.231 e. The van der Waals surface area contributed by atoms with Gasteiger partial charge in [0.1, 0.15) is 11.5 Å². The van der Waals surface area contributed by atoms with Crippen molar-refractivity contribution < 1.29 is 14.3 Å². The Labute approximate surface area is 218 Å². The van der Waals surface area contributed by atoms with Gasteiger partial charge in [0, 0.05) is 24.4 Å². The second kappa shape index (κ2) is 11.8. The van der Waals surface area contributed by atoms with E-state index in [1.807, 2.05) is 50.5 Å². The fourth-order valence-corrected chi connectivity index (χ4v) is 5.27. The molecule has 0 aliphatic heterocycles. The maximum atomic E-state index is 12.0. The summed E-state index contributed by atoms with van der Waals surface area (Å²) in [4.78, 5) is 6.76. The van der Waals surface area contributed by atoms with E-state index in [1.54, 1.807) is 18.3 Å². The zero-order chi connectivity index (χ0) is 24.8. The van der Waals surface area contributed by atoms with Crippen molar-refractivity contribution in [1.29, 1.82) is 0 Å². The summed E-state index contributed by atoms with van der Waals surface area (Å²) in [5.74, 6) is 1.95. The molecular weight excluding hydrogens is 483 g/mol. The fraction of sp³-hybridized carbons (Fsp3) is 0.464. The average Bonchev–Trinajstić information content (AvgIpc) is 3.35. The highest BCUT2D eigenvalue weighted by molar-refractivity contribution is 6.42. The number of halogens is 2. The predicted molar refractivity (Wildman–Crippen MR) is 140 cm³/mol. The first kappa shape index (κ1) is 26.0. The van der Waals surface area contributed by atoms with Crippen molar-refractivity contribution in [3.63, 3.8) is 0 Å². The number of likely N-dealkylation sites (N-methyl/N-ethyl adjacent to an activating group) is 1. The molecule has 3 aromatic rings. The second-order valence-electron chi connectivity index (χ2n) is 9.63. The third-order valence-corrected chi connectivity index (χ3v) is 7.81. The van der Waals surface area contributed by atoms with Crippen LogP contribution in [0.5, 0.6) is 5.75 Å². The molecule has 1 fully saturated rings. The van der Waals surface area contributed by atoms with E-state index in [1.165, 1.54) is 6.42 Å². The van der Waals surface area contributed by atoms with Crippen molar-refractivity contribution >= 4 is 23.2 Å². The second-order valence-corrected chi connectivity index (χ2v) is 10.4. The summed E-state index contributed by atoms with van der Waals surface area (Å²) in [7, 11) is 4.09. The van der Waals surface area contributed by atoms with Crippen molar-refractivity contribution in [3.8, 4) is 5.75 Å². The van der Waals surface area contributed by atoms with Crippen molar-refractivity contribution in [1.82, 2.24) is 9.88 Å². The molecular formula is C28H34Cl2N2O3. The first-order chi connectivity index (χ1) is 16.9. The third kappa shape index (κ3) is 6.21. The van der Waals surface area contributed by atoms with Crippen molar-refractivity contribution in [3.05, 3.63) is 82.0 Å². The summed E-state index contributed by atoms with van der Waals surface area (Å²) in [6, 6.07) is 15.3. The van der Waals surface area contributed by atoms with Crippen LogP contribution in [0.15, 0.2) is 59.1 Å². The van der Waals surface area contributed by atoms with Gasteiger partial charge in [0.2, 0.25) is 5.89 Å². The first-order valence-corrected chi connectivity index (χ1v) is 13.1. The molecule has 1 aliphatic rings. The minimum Gasteiger partial charge on any atom is -0.493 e. The van der Waals surface area contributed by atoms with Gasteiger partial charge in [-0.1, -0.05) is 72.8 Å². The molecule has 0 bridgehead atoms. The number of oxazole rings is 1. The predicted octanol–water partition coefficient (Wildman–Crippen LogP) is 6.74. The number of aliphatic hydroxyl groups is 1. The van der Waals surface area contributed by atoms with Crippen LogP contribution in [0.25, 0.3) is 0 Å². The Morgan fingerprint density at radius 1 is 1.09 bits per heavy atom. The summed E-state index contributed by atoms with van der Waals surface area (Å²) in [6.45, 7) is 0.526. The van der Waals surface area contributed by atoms with Gasteiger partial charge in [0.05, 0.1) is 22.8 Å². The van der Waals surface area contributed by atoms with E-state index in [2.05, 4.69) is 9.88 Å². The van der Waals surface area contributed by atoms with Gasteiger partial charge in [0.25, 0.3) is 0 Å². The Morgan fingerprint density at radius 3 is 2.51 bits per heavy atom. The van der Waals surface area contributed by atoms with Crippen LogP contribution in [0.1, 0.15) is 55.7 Å². The largest absolute Gasteiger partial charge is 0.493 e. The summed E-state index contributed by atoms with van der Waals surface area (Å²) in [6.07, 6.45) is 8.61. The molecule has 1 N–H and O–H groups in total. The molecule has 0 amide bonds. The smallest absolute Gasteiger partial charge is 0.231 e. The Hall–Kier alpha value is -2.05. The Balaban J connectivity index is 1.47. The third-order valence-electron chi connectivity index (χ3n) is 7.07. The molecule has 1 heterocycles. The van der Waals surface area contributed by atoms with Crippen LogP contribution in [0.2, 0.25) is 10.0 Å². The van der Waals surface area contributed by atoms with Crippen LogP contribution >= 0.6 is 23.2 Å². The molecule has 2 aromatic carbocycles. The van der Waals surface area contributed by atoms with Gasteiger partial charge in [-0.05, 0) is 51.1 Å². The average molecular weight is 517 g/mol. The summed E-state index contributed by atoms with van der Waals surface area (Å²) in [5, 5.41) is 13.0. The van der Waals surface area contributed by atoms with E-state index >= 15 is 0 Å². The van der Waals surface area contributed by atoms with Crippen LogP contribution < -0.4 is 4.74 Å². The number of benzene rings is 2. The lowest BCUT2D eigenvalue weighted by Crippen LogP contribution is -2.38. The standard InChI is InChI=1S/C28H34Cl2N2O3/c1-32(2)22(15-16-34-23-13-14-25(29)26(30)18-23)17-24-19-31-27(35-24)28(33,20-9-5-3-6-10-20)21-11-7-4-8-12-21/h3,5-6,9-10,13-14,18-19,21-22,33H,4,7-8,11-12,15-17H2,1-2H3/t22?,28-/m0/s1. The molecule has 5 nitrogen and oxygen atoms in total. The van der Waals surface area contributed by atoms with E-state index in [9.17, 15) is 5.11 Å². The minimum atomic E-state index is -1.22. The maximum absolute atomic E-state index is 12.0. The van der Waals surface area contributed by atoms with E-state index in [4.69, 9.17) is 32.4 Å². The van der Waals surface area contributed by atoms with Crippen molar-refractivity contribution in [2.75, 3.05) is 20.7 Å². The quantitative estimate of drug-likeness (QED) is 0.323. The fourth-order valence-electron chi connectivity index (χ4n) is 4.98. The molecule has 1 aromatic heterocycles. The lowest BCUT2D eigenvalue weighted by Gasteiger charge is -2.36. The first-order valence-electron chi connectivity index (χ1n) is 12.3. The Bertz CT molecular complexity index is 1080. The molecule has 1 saturated carbocycles. The molecule has 0 spiro atoms. The number of ether oxygens (including phenoxy) is 1. The zero-order valence-electron chi connectivity index (χ0n) is 20.4. The van der Waals surface area contributed by atoms with Gasteiger partial charge >= 0.3 is 0 Å². The van der Waals surface area contributed by atoms with Crippen LogP contribution in [0.4, 0.5) is 0 Å². The van der Waals surface area contributed by atoms with Crippen LogP contribution in [0, 0.1) is 5.92 Å². The molecule has 0 saturated heterocycles. The molecule has 35 heavy (non-hydrogen) atoms. The topological polar surface area (TPSA) is 58.7 Å². The van der Waals surface area contributed by atoms with Crippen LogP contribution in [-0.4, -0.2) is 41.7 Å². The molecule has 2 atom stereocenters. The molecule has 188 valence electrons. The molecule has 1 aliphatic carbocycles. The van der Waals surface area contributed by atoms with E-state index in [0.29, 0.717) is 34.7 Å². The van der Waals surface area contributed by atoms with Gasteiger partial charge in [-0.15, -0.1) is 0 Å². The molecule has 1 unspecified atom stereocenters. The molecule has 7 heteroatoms. The minimum absolute atomic E-state index is 0.0920. The number of hydrogen-bond donors (Lipinski definition) is 1. The highest BCUT2D eigenvalue weighted by Crippen LogP contribution is 2.43. The SMILES string of the molecule is CN(C)C(CCOc1ccc(Cl)c(Cl)c1)Cc1cnc([C@](O)(c2ccccc2)C2CCCCC2)o1. The van der Waals surface area contributed by atoms with E-state index in [-0.39, 0.29) is 12.0 Å². The van der Waals surface area contributed by atoms with E-state index < -0.39 is 5.60 Å². The number of rotatable bonds is 10. The Morgan fingerprint density at radius 2 is 1.83 bits per heavy atom. The molecule has 0 radical (unpaired) electrons. The summed E-state index contributed by atoms with van der Waals surface area (Å²) in [5.41, 5.74) is -0.371. The number of aromatic nitrogens is 1. The number of hydrogen-bond acceptors (Lipinski definition) is 5. The van der Waals surface area contributed by atoms with Gasteiger partial charge in [-0.2, -0.15) is 0 Å². The lowest BCUT2D eigenvalue weighted by molar-refractivity contribution is -0.0240. The highest BCUT2D eigenvalue weighted by atomic mass is 35.5. The van der Waals surface area contributed by atoms with Gasteiger partial charge in [-0.3, -0.25) is 0 Å². The monoisotopic (exact) mass is 516 g/mol. The van der Waals surface area contributed by atoms with Gasteiger partial charge in [-0.25, -0.2) is 4.98 Å². The summed E-state index contributed by atoms with van der Waals surface area (Å²) >= 11 is 12.1. The molecule has 4 rings (SSSR count). The highest BCUT2D eigenvalue weighted by Gasteiger charge is 2.44. The van der Waals surface area contributed by atoms with Crippen LogP contribution in [0.3, 0.4) is 0 Å². The number of nitrogens with zero attached hydrogens (tertiary/aromatic N) is 2. The normalized spacial score (nSPS) is 17.3. The van der Waals surface area contributed by atoms with Crippen LogP contribution in [-0.2, 0) is 12.0 Å². The van der Waals surface area contributed by atoms with Gasteiger partial charge < -0.3 is 19.2 Å². The van der Waals surface area contributed by atoms with Crippen molar-refractivity contribution in [2.24, 2.45) is 5.92 Å². The Kier molecular flexibility index (Phi) is 8.77. The van der Waals surface area contributed by atoms with E-state index in [0.717, 1.165) is 43.4 Å².